The fourth-order valence-corrected chi connectivity index (χ4v) is 1.23. The monoisotopic (exact) mass is 148 g/mol. The van der Waals surface area contributed by atoms with Crippen molar-refractivity contribution in [1.29, 1.82) is 0 Å². The van der Waals surface area contributed by atoms with Crippen molar-refractivity contribution < 1.29 is 12.6 Å². The van der Waals surface area contributed by atoms with Gasteiger partial charge in [0.15, 0.2) is 0 Å². The van der Waals surface area contributed by atoms with Crippen LogP contribution in [0.25, 0.3) is 0 Å². The molecule has 0 amide bonds. The summed E-state index contributed by atoms with van der Waals surface area (Å²) in [5.41, 5.74) is 0. The second kappa shape index (κ2) is 3.10. The lowest BCUT2D eigenvalue weighted by atomic mass is 10.3. The van der Waals surface area contributed by atoms with Gasteiger partial charge in [0.1, 0.15) is 0 Å². The minimum Gasteiger partial charge on any atom is -0.268 e. The van der Waals surface area contributed by atoms with E-state index in [2.05, 4.69) is 10.8 Å². The first-order chi connectivity index (χ1) is 4.33. The highest BCUT2D eigenvalue weighted by Crippen LogP contribution is 2.09. The molecule has 0 aromatic heterocycles. The van der Waals surface area contributed by atoms with Crippen LogP contribution in [0.2, 0.25) is 0 Å². The normalized spacial score (nSPS) is 36.0. The van der Waals surface area contributed by atoms with Crippen LogP contribution in [0.15, 0.2) is 12.7 Å². The molecule has 0 N–H and O–H groups in total. The van der Waals surface area contributed by atoms with E-state index < -0.39 is 11.4 Å². The Morgan fingerprint density at radius 3 is 3.00 bits per heavy atom. The molecule has 0 radical (unpaired) electrons. The number of rotatable bonds is 1. The summed E-state index contributed by atoms with van der Waals surface area (Å²) in [7, 11) is 0. The predicted molar refractivity (Wildman–Crippen MR) is 33.8 cm³/mol. The highest BCUT2D eigenvalue weighted by atomic mass is 32.2. The van der Waals surface area contributed by atoms with Gasteiger partial charge in [0.2, 0.25) is 0 Å². The minimum atomic E-state index is -1.54. The Labute approximate surface area is 56.5 Å². The van der Waals surface area contributed by atoms with E-state index in [0.29, 0.717) is 6.61 Å². The van der Waals surface area contributed by atoms with E-state index in [1.165, 1.54) is 0 Å². The average molecular weight is 148 g/mol. The van der Waals surface area contributed by atoms with Crippen molar-refractivity contribution in [2.45, 2.75) is 12.5 Å². The van der Waals surface area contributed by atoms with E-state index in [4.69, 9.17) is 4.18 Å². The van der Waals surface area contributed by atoms with Gasteiger partial charge in [-0.1, -0.05) is 6.08 Å². The van der Waals surface area contributed by atoms with E-state index in [9.17, 15) is 4.21 Å². The van der Waals surface area contributed by atoms with E-state index in [1.807, 2.05) is 0 Å². The van der Waals surface area contributed by atoms with Crippen molar-refractivity contribution in [2.24, 2.45) is 0 Å². The van der Waals surface area contributed by atoms with Gasteiger partial charge >= 0.3 is 11.4 Å². The van der Waals surface area contributed by atoms with Crippen molar-refractivity contribution in [2.75, 3.05) is 6.61 Å². The van der Waals surface area contributed by atoms with E-state index in [0.717, 1.165) is 6.42 Å². The molecule has 9 heavy (non-hydrogen) atoms. The molecule has 52 valence electrons. The van der Waals surface area contributed by atoms with Gasteiger partial charge < -0.3 is 0 Å². The molecule has 2 atom stereocenters. The Morgan fingerprint density at radius 1 is 1.78 bits per heavy atom. The Bertz CT molecular complexity index is 134. The van der Waals surface area contributed by atoms with Crippen molar-refractivity contribution in [3.8, 4) is 0 Å². The van der Waals surface area contributed by atoms with Gasteiger partial charge in [-0.2, -0.15) is 4.21 Å². The van der Waals surface area contributed by atoms with Crippen LogP contribution in [0.4, 0.5) is 0 Å². The Balaban J connectivity index is 2.40. The van der Waals surface area contributed by atoms with Crippen LogP contribution in [0.1, 0.15) is 6.42 Å². The first-order valence-electron chi connectivity index (χ1n) is 2.67. The largest absolute Gasteiger partial charge is 0.305 e. The van der Waals surface area contributed by atoms with E-state index >= 15 is 0 Å². The van der Waals surface area contributed by atoms with Crippen LogP contribution >= 0.6 is 0 Å². The maximum Gasteiger partial charge on any atom is 0.305 e. The molecule has 0 aromatic carbocycles. The van der Waals surface area contributed by atoms with E-state index in [1.54, 1.807) is 6.08 Å². The lowest BCUT2D eigenvalue weighted by molar-refractivity contribution is 0.142. The maximum atomic E-state index is 10.5. The van der Waals surface area contributed by atoms with Crippen LogP contribution in [-0.2, 0) is 19.7 Å². The second-order valence-electron chi connectivity index (χ2n) is 1.69. The van der Waals surface area contributed by atoms with Crippen LogP contribution in [0.3, 0.4) is 0 Å². The van der Waals surface area contributed by atoms with Crippen LogP contribution in [-0.4, -0.2) is 16.9 Å². The zero-order valence-electron chi connectivity index (χ0n) is 4.91. The summed E-state index contributed by atoms with van der Waals surface area (Å²) in [4.78, 5) is 0. The second-order valence-corrected chi connectivity index (χ2v) is 2.52. The molecule has 1 rings (SSSR count). The average Bonchev–Trinajstić information content (AvgIpc) is 1.88. The van der Waals surface area contributed by atoms with Gasteiger partial charge in [0, 0.05) is 6.42 Å². The molecule has 1 heterocycles. The van der Waals surface area contributed by atoms with Gasteiger partial charge in [0.25, 0.3) is 0 Å². The summed E-state index contributed by atoms with van der Waals surface area (Å²) in [6, 6.07) is 0. The molecule has 1 aliphatic rings. The molecule has 4 heteroatoms. The van der Waals surface area contributed by atoms with Crippen molar-refractivity contribution in [3.63, 3.8) is 0 Å². The fourth-order valence-electron chi connectivity index (χ4n) is 0.566. The molecular weight excluding hydrogens is 140 g/mol. The summed E-state index contributed by atoms with van der Waals surface area (Å²) in [5.74, 6) is 0. The van der Waals surface area contributed by atoms with Gasteiger partial charge in [0.05, 0.1) is 12.7 Å². The van der Waals surface area contributed by atoms with Crippen LogP contribution in [0.5, 0.6) is 0 Å². The molecule has 0 aromatic rings. The fraction of sp³-hybridized carbons (Fsp3) is 0.600. The Morgan fingerprint density at radius 2 is 2.56 bits per heavy atom. The third-order valence-corrected chi connectivity index (χ3v) is 1.81. The lowest BCUT2D eigenvalue weighted by Gasteiger charge is -2.16. The third kappa shape index (κ3) is 1.89. The summed E-state index contributed by atoms with van der Waals surface area (Å²) in [5, 5.41) is 0. The molecular formula is C5H8O3S. The zero-order chi connectivity index (χ0) is 6.69. The molecule has 2 unspecified atom stereocenters. The topological polar surface area (TPSA) is 35.5 Å². The lowest BCUT2D eigenvalue weighted by Crippen LogP contribution is -2.21. The minimum absolute atomic E-state index is 0.0976. The van der Waals surface area contributed by atoms with Gasteiger partial charge in [-0.25, -0.2) is 0 Å². The summed E-state index contributed by atoms with van der Waals surface area (Å²) < 4.78 is 19.8. The summed E-state index contributed by atoms with van der Waals surface area (Å²) >= 11 is -1.54. The van der Waals surface area contributed by atoms with Gasteiger partial charge in [-0.15, -0.1) is 6.58 Å². The van der Waals surface area contributed by atoms with Gasteiger partial charge in [-0.3, -0.25) is 8.37 Å². The maximum absolute atomic E-state index is 10.5. The summed E-state index contributed by atoms with van der Waals surface area (Å²) in [6.07, 6.45) is 2.27. The number of hydrogen-bond donors (Lipinski definition) is 0. The molecule has 1 saturated heterocycles. The molecule has 0 aliphatic carbocycles. The molecule has 0 saturated carbocycles. The molecule has 1 aliphatic heterocycles. The Kier molecular flexibility index (Phi) is 2.38. The highest BCUT2D eigenvalue weighted by Gasteiger charge is 2.16. The first kappa shape index (κ1) is 6.92. The molecule has 0 bridgehead atoms. The molecule has 3 nitrogen and oxygen atoms in total. The predicted octanol–water partition coefficient (Wildman–Crippen LogP) is 0.557. The summed E-state index contributed by atoms with van der Waals surface area (Å²) in [6.45, 7) is 3.99. The Hall–Kier alpha value is -0.190. The third-order valence-electron chi connectivity index (χ3n) is 1.05. The first-order valence-corrected chi connectivity index (χ1v) is 3.67. The van der Waals surface area contributed by atoms with Gasteiger partial charge in [-0.05, 0) is 0 Å². The van der Waals surface area contributed by atoms with Crippen LogP contribution in [0, 0.1) is 0 Å². The van der Waals surface area contributed by atoms with Crippen molar-refractivity contribution >= 4 is 11.4 Å². The van der Waals surface area contributed by atoms with E-state index in [-0.39, 0.29) is 6.10 Å². The van der Waals surface area contributed by atoms with Crippen LogP contribution < -0.4 is 0 Å². The molecule has 1 fully saturated rings. The molecule has 0 spiro atoms. The number of hydrogen-bond acceptors (Lipinski definition) is 3. The zero-order valence-corrected chi connectivity index (χ0v) is 5.73. The SMILES string of the molecule is C=CC1CCOS(=O)O1. The van der Waals surface area contributed by atoms with Crippen molar-refractivity contribution in [3.05, 3.63) is 12.7 Å². The quantitative estimate of drug-likeness (QED) is 0.509. The van der Waals surface area contributed by atoms with Crippen molar-refractivity contribution in [1.82, 2.24) is 0 Å². The highest BCUT2D eigenvalue weighted by molar-refractivity contribution is 7.75. The smallest absolute Gasteiger partial charge is 0.268 e. The standard InChI is InChI=1S/C5H8O3S/c1-2-5-3-4-7-9(6)8-5/h2,5H,1,3-4H2.